The Kier molecular flexibility index (Phi) is 10.2. The van der Waals surface area contributed by atoms with Crippen LogP contribution in [0.4, 0.5) is 0 Å². The summed E-state index contributed by atoms with van der Waals surface area (Å²) in [5, 5.41) is 10.4. The van der Waals surface area contributed by atoms with Gasteiger partial charge in [0.05, 0.1) is 19.6 Å². The van der Waals surface area contributed by atoms with Gasteiger partial charge in [0.2, 0.25) is 0 Å². The first-order valence-electron chi connectivity index (χ1n) is 8.34. The highest BCUT2D eigenvalue weighted by atomic mass is 35.5. The summed E-state index contributed by atoms with van der Waals surface area (Å²) in [6.07, 6.45) is 5.22. The van der Waals surface area contributed by atoms with E-state index in [9.17, 15) is 5.11 Å². The zero-order valence-electron chi connectivity index (χ0n) is 14.8. The van der Waals surface area contributed by atoms with Crippen molar-refractivity contribution in [1.82, 2.24) is 0 Å². The van der Waals surface area contributed by atoms with Gasteiger partial charge in [-0.15, -0.1) is 0 Å². The number of phenols is 1. The Morgan fingerprint density at radius 1 is 1.14 bits per heavy atom. The average molecular weight is 326 g/mol. The molecule has 0 aromatic heterocycles. The fourth-order valence-corrected chi connectivity index (χ4v) is 2.88. The van der Waals surface area contributed by atoms with Crippen LogP contribution < -0.4 is 17.3 Å². The zero-order valence-corrected chi connectivity index (χ0v) is 15.6. The summed E-state index contributed by atoms with van der Waals surface area (Å²) in [4.78, 5) is 1.63. The van der Waals surface area contributed by atoms with Crippen LogP contribution in [-0.2, 0) is 12.8 Å². The molecule has 0 atom stereocenters. The third kappa shape index (κ3) is 6.41. The minimum atomic E-state index is 0. The van der Waals surface area contributed by atoms with E-state index in [2.05, 4.69) is 46.8 Å². The van der Waals surface area contributed by atoms with Gasteiger partial charge in [0.25, 0.3) is 0 Å². The molecular formula is C19H32ClNO. The summed E-state index contributed by atoms with van der Waals surface area (Å²) in [5.41, 5.74) is 4.81. The van der Waals surface area contributed by atoms with Crippen LogP contribution in [-0.4, -0.2) is 24.7 Å². The molecule has 1 rings (SSSR count). The van der Waals surface area contributed by atoms with Crippen molar-refractivity contribution in [1.29, 1.82) is 0 Å². The van der Waals surface area contributed by atoms with Gasteiger partial charge >= 0.3 is 0 Å². The van der Waals surface area contributed by atoms with Crippen LogP contribution in [0, 0.1) is 0 Å². The zero-order chi connectivity index (χ0) is 15.8. The maximum absolute atomic E-state index is 10.4. The van der Waals surface area contributed by atoms with E-state index in [0.717, 1.165) is 30.4 Å². The Bertz CT molecular complexity index is 475. The van der Waals surface area contributed by atoms with Gasteiger partial charge in [-0.3, -0.25) is 0 Å². The van der Waals surface area contributed by atoms with Gasteiger partial charge in [-0.1, -0.05) is 24.6 Å². The van der Waals surface area contributed by atoms with Gasteiger partial charge in [-0.25, -0.2) is 0 Å². The molecule has 0 radical (unpaired) electrons. The van der Waals surface area contributed by atoms with Crippen molar-refractivity contribution in [2.24, 2.45) is 0 Å². The molecule has 0 aliphatic carbocycles. The molecule has 0 saturated heterocycles. The molecule has 0 aliphatic heterocycles. The predicted octanol–water partition coefficient (Wildman–Crippen LogP) is 0.239. The Hall–Kier alpha value is -0.990. The molecule has 2 nitrogen and oxygen atoms in total. The summed E-state index contributed by atoms with van der Waals surface area (Å²) < 4.78 is 0. The van der Waals surface area contributed by atoms with Crippen LogP contribution in [0.25, 0.3) is 6.08 Å². The highest BCUT2D eigenvalue weighted by molar-refractivity contribution is 5.58. The first-order valence-corrected chi connectivity index (χ1v) is 8.34. The number of allylic oxidation sites excluding steroid dienone is 1. The first kappa shape index (κ1) is 21.0. The largest absolute Gasteiger partial charge is 1.00 e. The maximum atomic E-state index is 10.4. The second-order valence-electron chi connectivity index (χ2n) is 6.06. The number of hydrogen-bond acceptors (Lipinski definition) is 1. The lowest BCUT2D eigenvalue weighted by molar-refractivity contribution is -0.896. The van der Waals surface area contributed by atoms with E-state index < -0.39 is 0 Å². The summed E-state index contributed by atoms with van der Waals surface area (Å²) >= 11 is 0. The van der Waals surface area contributed by atoms with Gasteiger partial charge in [0.1, 0.15) is 5.75 Å². The molecule has 2 N–H and O–H groups in total. The van der Waals surface area contributed by atoms with Crippen molar-refractivity contribution in [3.8, 4) is 5.75 Å². The van der Waals surface area contributed by atoms with Crippen molar-refractivity contribution in [2.45, 2.75) is 53.9 Å². The minimum Gasteiger partial charge on any atom is -1.00 e. The maximum Gasteiger partial charge on any atom is 0.119 e. The van der Waals surface area contributed by atoms with Crippen molar-refractivity contribution < 1.29 is 22.4 Å². The molecule has 0 aliphatic rings. The van der Waals surface area contributed by atoms with Gasteiger partial charge in [-0.2, -0.15) is 0 Å². The molecule has 0 spiro atoms. The Balaban J connectivity index is 0.00000441. The number of nitrogens with one attached hydrogen (secondary N) is 1. The van der Waals surface area contributed by atoms with E-state index >= 15 is 0 Å². The lowest BCUT2D eigenvalue weighted by Gasteiger charge is -2.16. The second kappa shape index (κ2) is 10.7. The molecule has 0 saturated carbocycles. The molecule has 0 fully saturated rings. The van der Waals surface area contributed by atoms with Crippen LogP contribution >= 0.6 is 0 Å². The van der Waals surface area contributed by atoms with Crippen molar-refractivity contribution >= 4 is 6.08 Å². The van der Waals surface area contributed by atoms with E-state index in [1.807, 2.05) is 6.07 Å². The molecule has 1 aromatic rings. The number of aryl methyl sites for hydroxylation is 1. The smallest absolute Gasteiger partial charge is 0.119 e. The summed E-state index contributed by atoms with van der Waals surface area (Å²) in [6.45, 7) is 14.4. The van der Waals surface area contributed by atoms with Crippen molar-refractivity contribution in [2.75, 3.05) is 19.6 Å². The number of benzene rings is 1. The minimum absolute atomic E-state index is 0. The predicted molar refractivity (Wildman–Crippen MR) is 92.0 cm³/mol. The van der Waals surface area contributed by atoms with Crippen molar-refractivity contribution in [3.63, 3.8) is 0 Å². The van der Waals surface area contributed by atoms with Crippen LogP contribution in [0.5, 0.6) is 5.75 Å². The van der Waals surface area contributed by atoms with Crippen LogP contribution in [0.3, 0.4) is 0 Å². The van der Waals surface area contributed by atoms with Gasteiger partial charge in [0, 0.05) is 6.42 Å². The number of rotatable bonds is 8. The monoisotopic (exact) mass is 325 g/mol. The average Bonchev–Trinajstić information content (AvgIpc) is 2.44. The van der Waals surface area contributed by atoms with Crippen LogP contribution in [0.2, 0.25) is 0 Å². The standard InChI is InChI=1S/C19H31NO.ClH/c1-6-17-13-16(12-15(4)5)14-19(21)18(17)10-9-11-20(7-2)8-3;/h12-14,21H,6-11H2,1-5H3;1H. The number of aromatic hydroxyl groups is 1. The van der Waals surface area contributed by atoms with Gasteiger partial charge in [-0.05, 0) is 63.3 Å². The SMILES string of the molecule is CCc1cc(C=C(C)C)cc(O)c1CCC[NH+](CC)CC.[Cl-]. The topological polar surface area (TPSA) is 24.7 Å². The Morgan fingerprint density at radius 2 is 1.77 bits per heavy atom. The molecule has 22 heavy (non-hydrogen) atoms. The van der Waals surface area contributed by atoms with E-state index in [4.69, 9.17) is 0 Å². The third-order valence-electron chi connectivity index (χ3n) is 4.13. The lowest BCUT2D eigenvalue weighted by atomic mass is 9.96. The molecule has 3 heteroatoms. The van der Waals surface area contributed by atoms with E-state index in [1.54, 1.807) is 4.90 Å². The molecule has 0 heterocycles. The third-order valence-corrected chi connectivity index (χ3v) is 4.13. The molecule has 126 valence electrons. The number of quaternary nitrogens is 1. The molecular weight excluding hydrogens is 294 g/mol. The second-order valence-corrected chi connectivity index (χ2v) is 6.06. The van der Waals surface area contributed by atoms with E-state index in [0.29, 0.717) is 5.75 Å². The Labute approximate surface area is 142 Å². The highest BCUT2D eigenvalue weighted by Crippen LogP contribution is 2.26. The van der Waals surface area contributed by atoms with Crippen LogP contribution in [0.15, 0.2) is 17.7 Å². The van der Waals surface area contributed by atoms with Gasteiger partial charge < -0.3 is 22.4 Å². The van der Waals surface area contributed by atoms with Crippen LogP contribution in [0.1, 0.15) is 57.7 Å². The summed E-state index contributed by atoms with van der Waals surface area (Å²) in [6, 6.07) is 4.14. The lowest BCUT2D eigenvalue weighted by Crippen LogP contribution is -3.11. The number of hydrogen-bond donors (Lipinski definition) is 2. The van der Waals surface area contributed by atoms with Gasteiger partial charge in [0.15, 0.2) is 0 Å². The normalized spacial score (nSPS) is 10.5. The first-order chi connectivity index (χ1) is 10.0. The number of halogens is 1. The molecule has 0 amide bonds. The molecule has 1 aromatic carbocycles. The Morgan fingerprint density at radius 3 is 2.27 bits per heavy atom. The van der Waals surface area contributed by atoms with E-state index in [1.165, 1.54) is 30.8 Å². The summed E-state index contributed by atoms with van der Waals surface area (Å²) in [7, 11) is 0. The molecule has 0 unspecified atom stereocenters. The fourth-order valence-electron chi connectivity index (χ4n) is 2.88. The number of phenolic OH excluding ortho intramolecular Hbond substituents is 1. The summed E-state index contributed by atoms with van der Waals surface area (Å²) in [5.74, 6) is 0.469. The quantitative estimate of drug-likeness (QED) is 0.703. The van der Waals surface area contributed by atoms with E-state index in [-0.39, 0.29) is 12.4 Å². The molecule has 0 bridgehead atoms. The fraction of sp³-hybridized carbons (Fsp3) is 0.579. The van der Waals surface area contributed by atoms with Crippen molar-refractivity contribution in [3.05, 3.63) is 34.4 Å². The highest BCUT2D eigenvalue weighted by Gasteiger charge is 2.10.